The summed E-state index contributed by atoms with van der Waals surface area (Å²) >= 11 is 0. The van der Waals surface area contributed by atoms with Gasteiger partial charge in [-0.05, 0) is 106 Å². The molecule has 5 aliphatic carbocycles. The normalized spacial score (nSPS) is 41.9. The van der Waals surface area contributed by atoms with Crippen LogP contribution in [0.1, 0.15) is 60.8 Å². The lowest BCUT2D eigenvalue weighted by Gasteiger charge is -2.63. The molecule has 0 unspecified atom stereocenters. The molecule has 46 heavy (non-hydrogen) atoms. The lowest BCUT2D eigenvalue weighted by molar-refractivity contribution is -0.174. The first-order valence-corrected chi connectivity index (χ1v) is 17.4. The van der Waals surface area contributed by atoms with Crippen molar-refractivity contribution in [2.45, 2.75) is 98.2 Å². The molecule has 8 nitrogen and oxygen atoms in total. The quantitative estimate of drug-likeness (QED) is 0.375. The first kappa shape index (κ1) is 28.0. The topological polar surface area (TPSA) is 106 Å². The summed E-state index contributed by atoms with van der Waals surface area (Å²) < 4.78 is 12.4. The van der Waals surface area contributed by atoms with Crippen molar-refractivity contribution in [2.75, 3.05) is 26.7 Å². The highest BCUT2D eigenvalue weighted by Crippen LogP contribution is 2.66. The standard InChI is InChI=1S/C21H25NO3.C17H19NO3/c1-12-6-7-21(24)16-10-14-4-5-15(23)18-17(14)20(21,19(12)25-18)8-9-22(16)11-13-2-3-13;1-18-7-6-17-10-3-5-13(20)16(17)21-15-12(19)4-2-9(14(15)17)8-11(10)18/h4-5,13,16,19,23-24H,1-3,6-11H2;2-5,10-11,13,16,19-20H,6-8H2,1H3/t16-,19+,20+,21-;10-,11+,13-,16-,17-/m10/s1. The molecule has 2 aromatic carbocycles. The predicted molar refractivity (Wildman–Crippen MR) is 172 cm³/mol. The van der Waals surface area contributed by atoms with E-state index in [1.807, 2.05) is 18.2 Å². The number of likely N-dealkylation sites (N-methyl/N-ethyl adjacent to an activating group) is 1. The SMILES string of the molecule is C=C1CC[C@@]2(O)[C@H]3Cc4ccc(O)c5c4[C@@]2(CCN3CC2CC2)[C@H]1O5.CN1CC[C@]23c4c5ccc(O)c4O[C@H]2[C@@H](O)C=C[C@H]3[C@H]1C5. The Bertz CT molecular complexity index is 1720. The van der Waals surface area contributed by atoms with E-state index in [-0.39, 0.29) is 35.2 Å². The lowest BCUT2D eigenvalue weighted by Crippen LogP contribution is -2.75. The van der Waals surface area contributed by atoms with E-state index in [4.69, 9.17) is 9.47 Å². The summed E-state index contributed by atoms with van der Waals surface area (Å²) in [5, 5.41) is 43.1. The molecule has 0 aromatic heterocycles. The van der Waals surface area contributed by atoms with E-state index in [9.17, 15) is 20.4 Å². The maximum absolute atomic E-state index is 12.1. The summed E-state index contributed by atoms with van der Waals surface area (Å²) in [6, 6.07) is 8.19. The van der Waals surface area contributed by atoms with Gasteiger partial charge in [0.1, 0.15) is 18.3 Å². The summed E-state index contributed by atoms with van der Waals surface area (Å²) in [5.74, 6) is 2.83. The van der Waals surface area contributed by atoms with Gasteiger partial charge in [0.05, 0.1) is 11.0 Å². The monoisotopic (exact) mass is 624 g/mol. The van der Waals surface area contributed by atoms with Gasteiger partial charge in [-0.15, -0.1) is 0 Å². The zero-order valence-electron chi connectivity index (χ0n) is 26.5. The number of nitrogens with zero attached hydrogens (tertiary/aromatic N) is 2. The van der Waals surface area contributed by atoms with Gasteiger partial charge in [0.2, 0.25) is 0 Å². The van der Waals surface area contributed by atoms with Crippen molar-refractivity contribution in [3.8, 4) is 23.0 Å². The van der Waals surface area contributed by atoms with Crippen molar-refractivity contribution in [3.63, 3.8) is 0 Å². The lowest BCUT2D eigenvalue weighted by atomic mass is 9.48. The van der Waals surface area contributed by atoms with Gasteiger partial charge in [0.25, 0.3) is 0 Å². The van der Waals surface area contributed by atoms with Crippen LogP contribution in [0.3, 0.4) is 0 Å². The maximum atomic E-state index is 12.1. The van der Waals surface area contributed by atoms with Crippen molar-refractivity contribution in [1.29, 1.82) is 0 Å². The van der Waals surface area contributed by atoms with Gasteiger partial charge >= 0.3 is 0 Å². The third-order valence-corrected chi connectivity index (χ3v) is 13.9. The summed E-state index contributed by atoms with van der Waals surface area (Å²) in [4.78, 5) is 4.99. The molecule has 0 radical (unpaired) electrons. The number of hydrogen-bond acceptors (Lipinski definition) is 8. The fourth-order valence-electron chi connectivity index (χ4n) is 11.6. The van der Waals surface area contributed by atoms with E-state index < -0.39 is 17.1 Å². The van der Waals surface area contributed by atoms with Crippen LogP contribution >= 0.6 is 0 Å². The number of benzene rings is 2. The number of rotatable bonds is 2. The molecule has 2 spiro atoms. The van der Waals surface area contributed by atoms with Gasteiger partial charge in [0, 0.05) is 41.1 Å². The second kappa shape index (κ2) is 9.10. The molecule has 2 saturated carbocycles. The van der Waals surface area contributed by atoms with Crippen LogP contribution in [0.25, 0.3) is 0 Å². The Hall–Kier alpha value is -3.04. The van der Waals surface area contributed by atoms with Crippen molar-refractivity contribution < 1.29 is 29.9 Å². The molecule has 2 aromatic rings. The second-order valence-electron chi connectivity index (χ2n) is 15.8. The number of phenolic OH excluding ortho intramolecular Hbond substituents is 2. The second-order valence-corrected chi connectivity index (χ2v) is 15.8. The molecule has 4 bridgehead atoms. The fraction of sp³-hybridized carbons (Fsp3) is 0.579. The van der Waals surface area contributed by atoms with Crippen molar-refractivity contribution >= 4 is 0 Å². The van der Waals surface area contributed by atoms with Crippen molar-refractivity contribution in [2.24, 2.45) is 11.8 Å². The Morgan fingerprint density at radius 2 is 1.65 bits per heavy atom. The van der Waals surface area contributed by atoms with Crippen LogP contribution in [-0.2, 0) is 23.7 Å². The van der Waals surface area contributed by atoms with Crippen LogP contribution in [0.4, 0.5) is 0 Å². The van der Waals surface area contributed by atoms with Gasteiger partial charge < -0.3 is 34.8 Å². The third kappa shape index (κ3) is 3.25. The largest absolute Gasteiger partial charge is 0.504 e. The van der Waals surface area contributed by atoms with Gasteiger partial charge in [-0.1, -0.05) is 30.9 Å². The zero-order valence-corrected chi connectivity index (χ0v) is 26.5. The highest BCUT2D eigenvalue weighted by molar-refractivity contribution is 5.64. The molecule has 8 heteroatoms. The Balaban J connectivity index is 0.000000121. The Kier molecular flexibility index (Phi) is 5.54. The van der Waals surface area contributed by atoms with Crippen LogP contribution < -0.4 is 9.47 Å². The fourth-order valence-corrected chi connectivity index (χ4v) is 11.6. The van der Waals surface area contributed by atoms with Crippen LogP contribution in [0, 0.1) is 11.8 Å². The first-order chi connectivity index (χ1) is 22.2. The number of hydrogen-bond donors (Lipinski definition) is 4. The molecule has 4 N–H and O–H groups in total. The number of likely N-dealkylation sites (tertiary alicyclic amines) is 2. The molecule has 242 valence electrons. The molecule has 9 aliphatic rings. The van der Waals surface area contributed by atoms with Crippen LogP contribution in [0.2, 0.25) is 0 Å². The van der Waals surface area contributed by atoms with Crippen LogP contribution in [0.5, 0.6) is 23.0 Å². The number of aliphatic hydroxyl groups is 2. The number of aromatic hydroxyl groups is 2. The number of ether oxygens (including phenoxy) is 2. The molecule has 0 amide bonds. The molecule has 4 heterocycles. The highest BCUT2D eigenvalue weighted by atomic mass is 16.5. The molecule has 4 aliphatic heterocycles. The minimum absolute atomic E-state index is 0.157. The van der Waals surface area contributed by atoms with E-state index in [1.54, 1.807) is 12.1 Å². The molecule has 11 rings (SSSR count). The average Bonchev–Trinajstić information content (AvgIpc) is 3.67. The molecule has 9 atom stereocenters. The first-order valence-electron chi connectivity index (χ1n) is 17.4. The Morgan fingerprint density at radius 3 is 2.41 bits per heavy atom. The smallest absolute Gasteiger partial charge is 0.166 e. The minimum atomic E-state index is -0.780. The van der Waals surface area contributed by atoms with Gasteiger partial charge in [0.15, 0.2) is 23.0 Å². The van der Waals surface area contributed by atoms with Gasteiger partial charge in [-0.3, -0.25) is 4.90 Å². The van der Waals surface area contributed by atoms with Crippen molar-refractivity contribution in [1.82, 2.24) is 9.80 Å². The maximum Gasteiger partial charge on any atom is 0.166 e. The summed E-state index contributed by atoms with van der Waals surface area (Å²) in [6.07, 6.45) is 11.0. The zero-order chi connectivity index (χ0) is 31.3. The Morgan fingerprint density at radius 1 is 0.913 bits per heavy atom. The van der Waals surface area contributed by atoms with E-state index >= 15 is 0 Å². The molecular weight excluding hydrogens is 580 g/mol. The summed E-state index contributed by atoms with van der Waals surface area (Å²) in [7, 11) is 2.19. The highest BCUT2D eigenvalue weighted by Gasteiger charge is 2.72. The van der Waals surface area contributed by atoms with E-state index in [0.29, 0.717) is 23.5 Å². The van der Waals surface area contributed by atoms with Gasteiger partial charge in [-0.2, -0.15) is 0 Å². The van der Waals surface area contributed by atoms with Crippen LogP contribution in [-0.4, -0.2) is 92.9 Å². The van der Waals surface area contributed by atoms with E-state index in [0.717, 1.165) is 75.2 Å². The number of piperidine rings is 2. The van der Waals surface area contributed by atoms with Gasteiger partial charge in [-0.25, -0.2) is 0 Å². The van der Waals surface area contributed by atoms with Crippen molar-refractivity contribution in [3.05, 3.63) is 70.8 Å². The third-order valence-electron chi connectivity index (χ3n) is 13.9. The number of phenols is 2. The minimum Gasteiger partial charge on any atom is -0.504 e. The van der Waals surface area contributed by atoms with E-state index in [2.05, 4.69) is 29.5 Å². The molecule has 4 fully saturated rings. The van der Waals surface area contributed by atoms with Crippen LogP contribution in [0.15, 0.2) is 48.6 Å². The molecular formula is C38H44N2O6. The summed E-state index contributed by atoms with van der Waals surface area (Å²) in [5.41, 5.74) is 4.50. The van der Waals surface area contributed by atoms with E-state index in [1.165, 1.54) is 29.5 Å². The molecule has 2 saturated heterocycles. The predicted octanol–water partition coefficient (Wildman–Crippen LogP) is 3.71. The average molecular weight is 625 g/mol. The Labute approximate surface area is 269 Å². The summed E-state index contributed by atoms with van der Waals surface area (Å²) in [6.45, 7) is 7.41. The number of aliphatic hydroxyl groups excluding tert-OH is 1.